The molecule has 0 spiro atoms. The van der Waals surface area contributed by atoms with Crippen LogP contribution >= 0.6 is 0 Å². The van der Waals surface area contributed by atoms with E-state index in [2.05, 4.69) is 10.1 Å². The minimum Gasteiger partial charge on any atom is -0.481 e. The molecule has 1 amide bonds. The minimum absolute atomic E-state index is 0.0106. The summed E-state index contributed by atoms with van der Waals surface area (Å²) in [6, 6.07) is 0. The molecule has 1 aliphatic heterocycles. The van der Waals surface area contributed by atoms with Crippen molar-refractivity contribution in [1.82, 2.24) is 19.7 Å². The van der Waals surface area contributed by atoms with E-state index in [-0.39, 0.29) is 12.5 Å². The van der Waals surface area contributed by atoms with E-state index in [9.17, 15) is 9.59 Å². The molecule has 104 valence electrons. The summed E-state index contributed by atoms with van der Waals surface area (Å²) in [5, 5.41) is 13.1. The van der Waals surface area contributed by atoms with Crippen LogP contribution in [-0.4, -0.2) is 43.2 Å². The Morgan fingerprint density at radius 1 is 1.58 bits per heavy atom. The first-order chi connectivity index (χ1) is 9.11. The van der Waals surface area contributed by atoms with Crippen molar-refractivity contribution in [3.63, 3.8) is 0 Å². The van der Waals surface area contributed by atoms with Crippen LogP contribution in [0.4, 0.5) is 0 Å². The summed E-state index contributed by atoms with van der Waals surface area (Å²) in [5.74, 6) is -0.613. The lowest BCUT2D eigenvalue weighted by Crippen LogP contribution is -2.42. The number of piperidine rings is 1. The molecule has 1 atom stereocenters. The van der Waals surface area contributed by atoms with E-state index in [1.165, 1.54) is 6.33 Å². The van der Waals surface area contributed by atoms with Crippen LogP contribution in [0.1, 0.15) is 32.0 Å². The quantitative estimate of drug-likeness (QED) is 0.839. The van der Waals surface area contributed by atoms with Crippen molar-refractivity contribution in [2.24, 2.45) is 5.92 Å². The number of carboxylic acids is 1. The molecular formula is C12H18N4O3. The molecule has 0 bridgehead atoms. The average Bonchev–Trinajstić information content (AvgIpc) is 2.80. The van der Waals surface area contributed by atoms with E-state index >= 15 is 0 Å². The van der Waals surface area contributed by atoms with Crippen LogP contribution in [0, 0.1) is 5.92 Å². The highest BCUT2D eigenvalue weighted by molar-refractivity contribution is 5.80. The Bertz CT molecular complexity index is 471. The van der Waals surface area contributed by atoms with Gasteiger partial charge in [0, 0.05) is 19.5 Å². The SMILES string of the molecule is CCCn1ncnc1CN1CC(C(=O)O)CCC1=O. The van der Waals surface area contributed by atoms with Crippen LogP contribution in [0.3, 0.4) is 0 Å². The molecule has 1 saturated heterocycles. The number of hydrogen-bond donors (Lipinski definition) is 1. The summed E-state index contributed by atoms with van der Waals surface area (Å²) < 4.78 is 1.76. The largest absolute Gasteiger partial charge is 0.481 e. The number of aromatic nitrogens is 3. The van der Waals surface area contributed by atoms with E-state index in [1.54, 1.807) is 9.58 Å². The van der Waals surface area contributed by atoms with Crippen LogP contribution in [0.25, 0.3) is 0 Å². The van der Waals surface area contributed by atoms with E-state index < -0.39 is 11.9 Å². The molecule has 0 saturated carbocycles. The van der Waals surface area contributed by atoms with Crippen LogP contribution < -0.4 is 0 Å². The van der Waals surface area contributed by atoms with Gasteiger partial charge in [0.15, 0.2) is 0 Å². The molecule has 1 aliphatic rings. The number of carbonyl (C=O) groups is 2. The number of rotatable bonds is 5. The lowest BCUT2D eigenvalue weighted by atomic mass is 9.98. The fourth-order valence-corrected chi connectivity index (χ4v) is 2.25. The maximum Gasteiger partial charge on any atom is 0.308 e. The average molecular weight is 266 g/mol. The van der Waals surface area contributed by atoms with Crippen molar-refractivity contribution in [2.45, 2.75) is 39.3 Å². The first kappa shape index (κ1) is 13.5. The number of carbonyl (C=O) groups excluding carboxylic acids is 1. The molecule has 2 heterocycles. The number of carboxylic acid groups (broad SMARTS) is 1. The zero-order valence-corrected chi connectivity index (χ0v) is 10.9. The third kappa shape index (κ3) is 3.10. The lowest BCUT2D eigenvalue weighted by molar-refractivity contribution is -0.147. The summed E-state index contributed by atoms with van der Waals surface area (Å²) in [4.78, 5) is 28.6. The Morgan fingerprint density at radius 3 is 3.05 bits per heavy atom. The molecule has 1 unspecified atom stereocenters. The van der Waals surface area contributed by atoms with Gasteiger partial charge in [0.25, 0.3) is 0 Å². The van der Waals surface area contributed by atoms with Gasteiger partial charge in [-0.3, -0.25) is 9.59 Å². The fourth-order valence-electron chi connectivity index (χ4n) is 2.25. The van der Waals surface area contributed by atoms with E-state index in [0.717, 1.165) is 13.0 Å². The Morgan fingerprint density at radius 2 is 2.37 bits per heavy atom. The third-order valence-electron chi connectivity index (χ3n) is 3.31. The number of aryl methyl sites for hydroxylation is 1. The topological polar surface area (TPSA) is 88.3 Å². The van der Waals surface area contributed by atoms with Crippen molar-refractivity contribution in [1.29, 1.82) is 0 Å². The van der Waals surface area contributed by atoms with Gasteiger partial charge in [-0.2, -0.15) is 5.10 Å². The molecule has 1 aromatic rings. The molecule has 0 aliphatic carbocycles. The zero-order valence-electron chi connectivity index (χ0n) is 10.9. The maximum atomic E-state index is 11.8. The van der Waals surface area contributed by atoms with Crippen LogP contribution in [0.2, 0.25) is 0 Å². The number of aliphatic carboxylic acids is 1. The molecule has 2 rings (SSSR count). The molecule has 1 aromatic heterocycles. The van der Waals surface area contributed by atoms with Gasteiger partial charge in [0.05, 0.1) is 12.5 Å². The zero-order chi connectivity index (χ0) is 13.8. The number of likely N-dealkylation sites (tertiary alicyclic amines) is 1. The van der Waals surface area contributed by atoms with Gasteiger partial charge in [-0.1, -0.05) is 6.92 Å². The van der Waals surface area contributed by atoms with Gasteiger partial charge in [-0.15, -0.1) is 0 Å². The molecule has 0 aromatic carbocycles. The van der Waals surface area contributed by atoms with Crippen molar-refractivity contribution in [3.05, 3.63) is 12.2 Å². The van der Waals surface area contributed by atoms with Crippen molar-refractivity contribution < 1.29 is 14.7 Å². The third-order valence-corrected chi connectivity index (χ3v) is 3.31. The number of hydrogen-bond acceptors (Lipinski definition) is 4. The Hall–Kier alpha value is -1.92. The highest BCUT2D eigenvalue weighted by Gasteiger charge is 2.30. The molecule has 1 N–H and O–H groups in total. The molecule has 7 heteroatoms. The van der Waals surface area contributed by atoms with Gasteiger partial charge in [-0.25, -0.2) is 9.67 Å². The summed E-state index contributed by atoms with van der Waals surface area (Å²) in [7, 11) is 0. The standard InChI is InChI=1S/C12H18N4O3/c1-2-5-16-10(13-8-14-16)7-15-6-9(12(18)19)3-4-11(15)17/h8-9H,2-7H2,1H3,(H,18,19). The highest BCUT2D eigenvalue weighted by Crippen LogP contribution is 2.19. The Balaban J connectivity index is 2.05. The lowest BCUT2D eigenvalue weighted by Gasteiger charge is -2.30. The van der Waals surface area contributed by atoms with Gasteiger partial charge < -0.3 is 10.0 Å². The van der Waals surface area contributed by atoms with Crippen LogP contribution in [0.15, 0.2) is 6.33 Å². The van der Waals surface area contributed by atoms with Gasteiger partial charge in [0.1, 0.15) is 12.2 Å². The molecular weight excluding hydrogens is 248 g/mol. The summed E-state index contributed by atoms with van der Waals surface area (Å²) in [6.07, 6.45) is 3.11. The Labute approximate surface area is 111 Å². The van der Waals surface area contributed by atoms with Crippen molar-refractivity contribution in [3.8, 4) is 0 Å². The van der Waals surface area contributed by atoms with Gasteiger partial charge in [-0.05, 0) is 12.8 Å². The second kappa shape index (κ2) is 5.81. The molecule has 7 nitrogen and oxygen atoms in total. The minimum atomic E-state index is -0.840. The first-order valence-corrected chi connectivity index (χ1v) is 6.49. The summed E-state index contributed by atoms with van der Waals surface area (Å²) >= 11 is 0. The highest BCUT2D eigenvalue weighted by atomic mass is 16.4. The van der Waals surface area contributed by atoms with E-state index in [4.69, 9.17) is 5.11 Å². The monoisotopic (exact) mass is 266 g/mol. The van der Waals surface area contributed by atoms with Crippen molar-refractivity contribution in [2.75, 3.05) is 6.54 Å². The maximum absolute atomic E-state index is 11.8. The molecule has 0 radical (unpaired) electrons. The van der Waals surface area contributed by atoms with Crippen LogP contribution in [0.5, 0.6) is 0 Å². The normalized spacial score (nSPS) is 19.7. The molecule has 19 heavy (non-hydrogen) atoms. The Kier molecular flexibility index (Phi) is 4.13. The second-order valence-corrected chi connectivity index (χ2v) is 4.75. The van der Waals surface area contributed by atoms with Crippen molar-refractivity contribution >= 4 is 11.9 Å². The van der Waals surface area contributed by atoms with E-state index in [0.29, 0.717) is 25.2 Å². The van der Waals surface area contributed by atoms with E-state index in [1.807, 2.05) is 6.92 Å². The number of nitrogens with zero attached hydrogens (tertiary/aromatic N) is 4. The van der Waals surface area contributed by atoms with Gasteiger partial charge in [0.2, 0.25) is 5.91 Å². The number of amides is 1. The predicted molar refractivity (Wildman–Crippen MR) is 66.1 cm³/mol. The smallest absolute Gasteiger partial charge is 0.308 e. The fraction of sp³-hybridized carbons (Fsp3) is 0.667. The second-order valence-electron chi connectivity index (χ2n) is 4.75. The first-order valence-electron chi connectivity index (χ1n) is 6.49. The molecule has 1 fully saturated rings. The predicted octanol–water partition coefficient (Wildman–Crippen LogP) is 0.511. The summed E-state index contributed by atoms with van der Waals surface area (Å²) in [6.45, 7) is 3.38. The summed E-state index contributed by atoms with van der Waals surface area (Å²) in [5.41, 5.74) is 0. The van der Waals surface area contributed by atoms with Crippen LogP contribution in [-0.2, 0) is 22.7 Å². The van der Waals surface area contributed by atoms with Gasteiger partial charge >= 0.3 is 5.97 Å².